The number of carbonyl (C=O) groups is 1. The molecule has 0 fully saturated rings. The Bertz CT molecular complexity index is 549. The van der Waals surface area contributed by atoms with Crippen LogP contribution in [0.15, 0.2) is 18.2 Å². The molecule has 0 saturated carbocycles. The van der Waals surface area contributed by atoms with E-state index in [4.69, 9.17) is 11.6 Å². The van der Waals surface area contributed by atoms with E-state index in [0.29, 0.717) is 4.90 Å². The number of nitrogens with zero attached hydrogens (tertiary/aromatic N) is 2. The minimum absolute atomic E-state index is 0.198. The molecule has 0 heterocycles. The normalized spacial score (nSPS) is 11.3. The number of halogens is 4. The minimum Gasteiger partial charge on any atom is -0.328 e. The third kappa shape index (κ3) is 4.59. The number of rotatable bonds is 5. The molecule has 9 heteroatoms. The van der Waals surface area contributed by atoms with Gasteiger partial charge in [0.05, 0.1) is 4.92 Å². The Morgan fingerprint density at radius 1 is 1.43 bits per heavy atom. The number of nitro benzene ring substituents is 1. The Labute approximate surface area is 123 Å². The first-order valence-electron chi connectivity index (χ1n) is 5.83. The van der Waals surface area contributed by atoms with Crippen molar-refractivity contribution in [2.45, 2.75) is 13.1 Å². The van der Waals surface area contributed by atoms with Crippen molar-refractivity contribution >= 4 is 23.2 Å². The second-order valence-corrected chi connectivity index (χ2v) is 4.64. The summed E-state index contributed by atoms with van der Waals surface area (Å²) in [6, 6.07) is 3.91. The highest BCUT2D eigenvalue weighted by Gasteiger charge is 2.35. The lowest BCUT2D eigenvalue weighted by atomic mass is 10.1. The van der Waals surface area contributed by atoms with Crippen molar-refractivity contribution in [1.82, 2.24) is 4.90 Å². The van der Waals surface area contributed by atoms with Crippen molar-refractivity contribution in [3.05, 3.63) is 39.4 Å². The summed E-state index contributed by atoms with van der Waals surface area (Å²) in [6.45, 7) is -0.459. The van der Waals surface area contributed by atoms with E-state index in [9.17, 15) is 28.1 Å². The van der Waals surface area contributed by atoms with Gasteiger partial charge in [0.25, 0.3) is 11.6 Å². The Kier molecular flexibility index (Phi) is 5.54. The fourth-order valence-electron chi connectivity index (χ4n) is 1.82. The molecule has 1 aromatic carbocycles. The lowest BCUT2D eigenvalue weighted by Gasteiger charge is -2.23. The number of aryl methyl sites for hydroxylation is 1. The quantitative estimate of drug-likeness (QED) is 0.475. The number of carbonyl (C=O) groups excluding carboxylic acids is 1. The van der Waals surface area contributed by atoms with Crippen molar-refractivity contribution < 1.29 is 22.9 Å². The second-order valence-electron chi connectivity index (χ2n) is 4.26. The highest BCUT2D eigenvalue weighted by atomic mass is 35.5. The fourth-order valence-corrected chi connectivity index (χ4v) is 2.02. The molecule has 0 bridgehead atoms. The summed E-state index contributed by atoms with van der Waals surface area (Å²) >= 11 is 5.40. The monoisotopic (exact) mass is 324 g/mol. The van der Waals surface area contributed by atoms with Crippen LogP contribution in [0.4, 0.5) is 18.9 Å². The van der Waals surface area contributed by atoms with Gasteiger partial charge in [-0.3, -0.25) is 14.9 Å². The molecular weight excluding hydrogens is 313 g/mol. The molecule has 1 amide bonds. The van der Waals surface area contributed by atoms with Gasteiger partial charge in [0.1, 0.15) is 12.1 Å². The van der Waals surface area contributed by atoms with E-state index in [1.54, 1.807) is 0 Å². The number of para-hydroxylation sites is 1. The maximum absolute atomic E-state index is 12.5. The first kappa shape index (κ1) is 17.2. The minimum atomic E-state index is -4.61. The van der Waals surface area contributed by atoms with Crippen LogP contribution in [-0.2, 0) is 0 Å². The van der Waals surface area contributed by atoms with Gasteiger partial charge in [0, 0.05) is 18.0 Å². The standard InChI is InChI=1S/C12H12ClF3N2O3/c1-8-3-2-4-9(10(8)18(20)21)11(19)17(6-5-13)7-12(14,15)16/h2-4H,5-7H2,1H3. The van der Waals surface area contributed by atoms with Crippen LogP contribution >= 0.6 is 11.6 Å². The van der Waals surface area contributed by atoms with Crippen LogP contribution in [0, 0.1) is 17.0 Å². The Hall–Kier alpha value is -1.83. The summed E-state index contributed by atoms with van der Waals surface area (Å²) in [4.78, 5) is 22.8. The van der Waals surface area contributed by atoms with Gasteiger partial charge in [-0.25, -0.2) is 0 Å². The smallest absolute Gasteiger partial charge is 0.328 e. The third-order valence-electron chi connectivity index (χ3n) is 2.66. The first-order valence-corrected chi connectivity index (χ1v) is 6.37. The molecular formula is C12H12ClF3N2O3. The van der Waals surface area contributed by atoms with Gasteiger partial charge in [-0.15, -0.1) is 11.6 Å². The van der Waals surface area contributed by atoms with Gasteiger partial charge in [-0.05, 0) is 13.0 Å². The van der Waals surface area contributed by atoms with Crippen LogP contribution in [0.25, 0.3) is 0 Å². The molecule has 1 aromatic rings. The van der Waals surface area contributed by atoms with Crippen LogP contribution in [0.5, 0.6) is 0 Å². The van der Waals surface area contributed by atoms with Crippen molar-refractivity contribution in [3.8, 4) is 0 Å². The summed E-state index contributed by atoms with van der Waals surface area (Å²) < 4.78 is 37.4. The van der Waals surface area contributed by atoms with Crippen molar-refractivity contribution in [2.75, 3.05) is 19.0 Å². The number of alkyl halides is 4. The second kappa shape index (κ2) is 6.75. The topological polar surface area (TPSA) is 63.5 Å². The average Bonchev–Trinajstić information content (AvgIpc) is 2.35. The van der Waals surface area contributed by atoms with Gasteiger partial charge in [0.15, 0.2) is 0 Å². The zero-order valence-electron chi connectivity index (χ0n) is 11.0. The maximum atomic E-state index is 12.5. The third-order valence-corrected chi connectivity index (χ3v) is 2.83. The molecule has 0 N–H and O–H groups in total. The van der Waals surface area contributed by atoms with E-state index in [0.717, 1.165) is 6.07 Å². The van der Waals surface area contributed by atoms with Gasteiger partial charge in [-0.2, -0.15) is 13.2 Å². The summed E-state index contributed by atoms with van der Waals surface area (Å²) in [5, 5.41) is 11.0. The van der Waals surface area contributed by atoms with Crippen molar-refractivity contribution in [3.63, 3.8) is 0 Å². The Morgan fingerprint density at radius 3 is 2.52 bits per heavy atom. The Morgan fingerprint density at radius 2 is 2.05 bits per heavy atom. The van der Waals surface area contributed by atoms with Crippen molar-refractivity contribution in [1.29, 1.82) is 0 Å². The van der Waals surface area contributed by atoms with E-state index in [2.05, 4.69) is 0 Å². The summed E-state index contributed by atoms with van der Waals surface area (Å²) in [5.74, 6) is -1.27. The van der Waals surface area contributed by atoms with Gasteiger partial charge in [-0.1, -0.05) is 12.1 Å². The molecule has 0 saturated heterocycles. The van der Waals surface area contributed by atoms with Crippen molar-refractivity contribution in [2.24, 2.45) is 0 Å². The molecule has 0 unspecified atom stereocenters. The zero-order valence-corrected chi connectivity index (χ0v) is 11.7. The number of nitro groups is 1. The number of hydrogen-bond donors (Lipinski definition) is 0. The lowest BCUT2D eigenvalue weighted by Crippen LogP contribution is -2.40. The molecule has 0 aliphatic carbocycles. The highest BCUT2D eigenvalue weighted by Crippen LogP contribution is 2.26. The SMILES string of the molecule is Cc1cccc(C(=O)N(CCCl)CC(F)(F)F)c1[N+](=O)[O-]. The largest absolute Gasteiger partial charge is 0.406 e. The van der Waals surface area contributed by atoms with E-state index in [-0.39, 0.29) is 23.6 Å². The predicted octanol–water partition coefficient (Wildman–Crippen LogP) is 3.15. The molecule has 0 spiro atoms. The molecule has 116 valence electrons. The maximum Gasteiger partial charge on any atom is 0.406 e. The van der Waals surface area contributed by atoms with Crippen LogP contribution in [0.1, 0.15) is 15.9 Å². The van der Waals surface area contributed by atoms with Crippen LogP contribution in [0.2, 0.25) is 0 Å². The van der Waals surface area contributed by atoms with E-state index < -0.39 is 29.2 Å². The molecule has 0 aliphatic heterocycles. The predicted molar refractivity (Wildman–Crippen MR) is 70.5 cm³/mol. The molecule has 0 atom stereocenters. The lowest BCUT2D eigenvalue weighted by molar-refractivity contribution is -0.385. The molecule has 0 aliphatic rings. The summed E-state index contributed by atoms with van der Waals surface area (Å²) in [6.07, 6.45) is -4.61. The molecule has 21 heavy (non-hydrogen) atoms. The van der Waals surface area contributed by atoms with E-state index in [1.807, 2.05) is 0 Å². The van der Waals surface area contributed by atoms with Crippen LogP contribution in [0.3, 0.4) is 0 Å². The number of hydrogen-bond acceptors (Lipinski definition) is 3. The average molecular weight is 325 g/mol. The van der Waals surface area contributed by atoms with Crippen LogP contribution < -0.4 is 0 Å². The summed E-state index contributed by atoms with van der Waals surface area (Å²) in [7, 11) is 0. The highest BCUT2D eigenvalue weighted by molar-refractivity contribution is 6.18. The van der Waals surface area contributed by atoms with E-state index in [1.165, 1.54) is 19.1 Å². The molecule has 0 aromatic heterocycles. The van der Waals surface area contributed by atoms with E-state index >= 15 is 0 Å². The number of benzene rings is 1. The molecule has 0 radical (unpaired) electrons. The van der Waals surface area contributed by atoms with Gasteiger partial charge < -0.3 is 4.90 Å². The van der Waals surface area contributed by atoms with Crippen LogP contribution in [-0.4, -0.2) is 40.9 Å². The van der Waals surface area contributed by atoms with Gasteiger partial charge >= 0.3 is 6.18 Å². The zero-order chi connectivity index (χ0) is 16.2. The molecule has 5 nitrogen and oxygen atoms in total. The Balaban J connectivity index is 3.21. The fraction of sp³-hybridized carbons (Fsp3) is 0.417. The first-order chi connectivity index (χ1) is 9.67. The summed E-state index contributed by atoms with van der Waals surface area (Å²) in [5.41, 5.74) is -0.678. The van der Waals surface area contributed by atoms with Gasteiger partial charge in [0.2, 0.25) is 0 Å². The molecule has 1 rings (SSSR count). The number of amides is 1.